The molecule has 3 fully saturated rings. The first-order chi connectivity index (χ1) is 11.5. The number of fused-ring (bicyclic) bond motifs is 1. The highest BCUT2D eigenvalue weighted by Crippen LogP contribution is 2.51. The van der Waals surface area contributed by atoms with E-state index >= 15 is 0 Å². The van der Waals surface area contributed by atoms with Crippen LogP contribution < -0.4 is 10.6 Å². The molecule has 3 N–H and O–H groups in total. The van der Waals surface area contributed by atoms with E-state index in [0.29, 0.717) is 24.6 Å². The van der Waals surface area contributed by atoms with Gasteiger partial charge in [0.25, 0.3) is 0 Å². The van der Waals surface area contributed by atoms with Crippen molar-refractivity contribution in [3.63, 3.8) is 0 Å². The van der Waals surface area contributed by atoms with Gasteiger partial charge in [0, 0.05) is 30.5 Å². The van der Waals surface area contributed by atoms with E-state index in [4.69, 9.17) is 9.73 Å². The van der Waals surface area contributed by atoms with Gasteiger partial charge in [-0.25, -0.2) is 0 Å². The summed E-state index contributed by atoms with van der Waals surface area (Å²) in [4.78, 5) is 4.74. The zero-order chi connectivity index (χ0) is 17.2. The van der Waals surface area contributed by atoms with Crippen molar-refractivity contribution in [2.45, 2.75) is 83.5 Å². The van der Waals surface area contributed by atoms with Gasteiger partial charge >= 0.3 is 0 Å². The molecule has 3 unspecified atom stereocenters. The van der Waals surface area contributed by atoms with Gasteiger partial charge in [0.05, 0.1) is 18.2 Å². The molecule has 138 valence electrons. The first-order valence-corrected chi connectivity index (χ1v) is 9.85. The lowest BCUT2D eigenvalue weighted by Crippen LogP contribution is -2.71. The maximum Gasteiger partial charge on any atom is 0.191 e. The molecule has 0 aromatic heterocycles. The molecule has 0 aromatic carbocycles. The molecule has 1 saturated heterocycles. The highest BCUT2D eigenvalue weighted by molar-refractivity contribution is 5.80. The van der Waals surface area contributed by atoms with Gasteiger partial charge in [-0.1, -0.05) is 33.1 Å². The van der Waals surface area contributed by atoms with Crippen LogP contribution in [0.5, 0.6) is 0 Å². The topological polar surface area (TPSA) is 65.9 Å². The van der Waals surface area contributed by atoms with E-state index < -0.39 is 5.60 Å². The summed E-state index contributed by atoms with van der Waals surface area (Å²) in [6, 6.07) is 0.390. The summed E-state index contributed by atoms with van der Waals surface area (Å²) < 4.78 is 5.99. The van der Waals surface area contributed by atoms with Crippen molar-refractivity contribution < 1.29 is 9.84 Å². The van der Waals surface area contributed by atoms with Gasteiger partial charge in [-0.05, 0) is 32.6 Å². The van der Waals surface area contributed by atoms with Gasteiger partial charge in [-0.2, -0.15) is 0 Å². The van der Waals surface area contributed by atoms with Crippen molar-refractivity contribution in [2.75, 3.05) is 19.7 Å². The van der Waals surface area contributed by atoms with Gasteiger partial charge in [-0.3, -0.25) is 4.99 Å². The SMILES string of the molecule is CCNC(=NCC1(O)CCCCC1)NC1C2CCCOC2C1(C)C. The summed E-state index contributed by atoms with van der Waals surface area (Å²) in [6.07, 6.45) is 7.99. The minimum atomic E-state index is -0.605. The van der Waals surface area contributed by atoms with E-state index in [1.807, 2.05) is 0 Å². The minimum absolute atomic E-state index is 0.128. The lowest BCUT2D eigenvalue weighted by Gasteiger charge is -2.60. The zero-order valence-electron chi connectivity index (χ0n) is 15.6. The molecule has 2 aliphatic carbocycles. The Balaban J connectivity index is 1.64. The Morgan fingerprint density at radius 2 is 1.96 bits per heavy atom. The van der Waals surface area contributed by atoms with Crippen LogP contribution in [-0.2, 0) is 4.74 Å². The van der Waals surface area contributed by atoms with Crippen molar-refractivity contribution in [3.05, 3.63) is 0 Å². The highest BCUT2D eigenvalue weighted by Gasteiger charge is 2.58. The lowest BCUT2D eigenvalue weighted by atomic mass is 9.55. The maximum atomic E-state index is 10.7. The Hall–Kier alpha value is -0.810. The first-order valence-electron chi connectivity index (χ1n) is 9.85. The van der Waals surface area contributed by atoms with E-state index in [2.05, 4.69) is 31.4 Å². The van der Waals surface area contributed by atoms with Crippen molar-refractivity contribution in [2.24, 2.45) is 16.3 Å². The highest BCUT2D eigenvalue weighted by atomic mass is 16.5. The molecular weight excluding hydrogens is 302 g/mol. The third kappa shape index (κ3) is 3.57. The second-order valence-electron chi connectivity index (χ2n) is 8.52. The molecule has 5 heteroatoms. The average molecular weight is 338 g/mol. The average Bonchev–Trinajstić information content (AvgIpc) is 2.58. The van der Waals surface area contributed by atoms with Crippen LogP contribution in [-0.4, -0.2) is 48.5 Å². The maximum absolute atomic E-state index is 10.7. The molecule has 2 saturated carbocycles. The molecule has 0 radical (unpaired) electrons. The quantitative estimate of drug-likeness (QED) is 0.544. The Kier molecular flexibility index (Phi) is 5.40. The fraction of sp³-hybridized carbons (Fsp3) is 0.947. The fourth-order valence-corrected chi connectivity index (χ4v) is 4.88. The summed E-state index contributed by atoms with van der Waals surface area (Å²) in [7, 11) is 0. The number of nitrogens with one attached hydrogen (secondary N) is 2. The molecule has 0 aromatic rings. The van der Waals surface area contributed by atoms with E-state index in [-0.39, 0.29) is 5.41 Å². The molecule has 24 heavy (non-hydrogen) atoms. The van der Waals surface area contributed by atoms with Gasteiger partial charge in [0.15, 0.2) is 5.96 Å². The zero-order valence-corrected chi connectivity index (χ0v) is 15.6. The number of guanidine groups is 1. The third-order valence-corrected chi connectivity index (χ3v) is 6.28. The monoisotopic (exact) mass is 337 g/mol. The lowest BCUT2D eigenvalue weighted by molar-refractivity contribution is -0.188. The molecular formula is C19H35N3O2. The van der Waals surface area contributed by atoms with Gasteiger partial charge in [0.1, 0.15) is 0 Å². The fourth-order valence-electron chi connectivity index (χ4n) is 4.88. The molecule has 0 spiro atoms. The predicted molar refractivity (Wildman–Crippen MR) is 97.2 cm³/mol. The summed E-state index contributed by atoms with van der Waals surface area (Å²) in [5.74, 6) is 1.42. The van der Waals surface area contributed by atoms with Gasteiger partial charge in [0.2, 0.25) is 0 Å². The van der Waals surface area contributed by atoms with Crippen LogP contribution in [0.2, 0.25) is 0 Å². The summed E-state index contributed by atoms with van der Waals surface area (Å²) in [5.41, 5.74) is -0.477. The number of ether oxygens (including phenoxy) is 1. The number of hydrogen-bond acceptors (Lipinski definition) is 3. The van der Waals surface area contributed by atoms with Gasteiger partial charge < -0.3 is 20.5 Å². The predicted octanol–water partition coefficient (Wildman–Crippen LogP) is 2.44. The normalized spacial score (nSPS) is 34.8. The minimum Gasteiger partial charge on any atom is -0.388 e. The van der Waals surface area contributed by atoms with E-state index in [9.17, 15) is 5.11 Å². The van der Waals surface area contributed by atoms with Crippen molar-refractivity contribution in [1.82, 2.24) is 10.6 Å². The number of nitrogens with zero attached hydrogens (tertiary/aromatic N) is 1. The van der Waals surface area contributed by atoms with Crippen LogP contribution in [0.3, 0.4) is 0 Å². The molecule has 1 heterocycles. The molecule has 0 bridgehead atoms. The standard InChI is InChI=1S/C19H35N3O2/c1-4-20-17(21-13-19(23)10-6-5-7-11-19)22-15-14-9-8-12-24-16(14)18(15,2)3/h14-16,23H,4-13H2,1-3H3,(H2,20,21,22). The van der Waals surface area contributed by atoms with Crippen LogP contribution in [0.25, 0.3) is 0 Å². The van der Waals surface area contributed by atoms with Crippen LogP contribution in [0.1, 0.15) is 65.7 Å². The molecule has 1 aliphatic heterocycles. The molecule has 5 nitrogen and oxygen atoms in total. The van der Waals surface area contributed by atoms with Crippen molar-refractivity contribution in [3.8, 4) is 0 Å². The number of hydrogen-bond donors (Lipinski definition) is 3. The van der Waals surface area contributed by atoms with E-state index in [1.165, 1.54) is 12.8 Å². The summed E-state index contributed by atoms with van der Waals surface area (Å²) in [5, 5.41) is 17.7. The Morgan fingerprint density at radius 1 is 1.21 bits per heavy atom. The van der Waals surface area contributed by atoms with Crippen LogP contribution >= 0.6 is 0 Å². The Labute approximate surface area is 146 Å². The van der Waals surface area contributed by atoms with Crippen LogP contribution in [0.4, 0.5) is 0 Å². The Bertz CT molecular complexity index is 458. The van der Waals surface area contributed by atoms with E-state index in [0.717, 1.165) is 51.2 Å². The summed E-state index contributed by atoms with van der Waals surface area (Å²) >= 11 is 0. The molecule has 3 atom stereocenters. The number of aliphatic imine (C=N–C) groups is 1. The second kappa shape index (κ2) is 7.20. The molecule has 3 aliphatic rings. The van der Waals surface area contributed by atoms with Crippen molar-refractivity contribution in [1.29, 1.82) is 0 Å². The van der Waals surface area contributed by atoms with Gasteiger partial charge in [-0.15, -0.1) is 0 Å². The number of rotatable bonds is 4. The third-order valence-electron chi connectivity index (χ3n) is 6.28. The number of aliphatic hydroxyl groups is 1. The van der Waals surface area contributed by atoms with E-state index in [1.54, 1.807) is 0 Å². The molecule has 0 amide bonds. The largest absolute Gasteiger partial charge is 0.388 e. The Morgan fingerprint density at radius 3 is 2.67 bits per heavy atom. The van der Waals surface area contributed by atoms with Crippen LogP contribution in [0, 0.1) is 11.3 Å². The van der Waals surface area contributed by atoms with Crippen molar-refractivity contribution >= 4 is 5.96 Å². The second-order valence-corrected chi connectivity index (χ2v) is 8.52. The molecule has 3 rings (SSSR count). The first kappa shape index (κ1) is 18.0. The van der Waals surface area contributed by atoms with Crippen LogP contribution in [0.15, 0.2) is 4.99 Å². The smallest absolute Gasteiger partial charge is 0.191 e. The summed E-state index contributed by atoms with van der Waals surface area (Å²) in [6.45, 7) is 8.90.